The van der Waals surface area contributed by atoms with Gasteiger partial charge in [-0.3, -0.25) is 4.84 Å². The Labute approximate surface area is 257 Å². The highest BCUT2D eigenvalue weighted by Gasteiger charge is 2.59. The van der Waals surface area contributed by atoms with Gasteiger partial charge >= 0.3 is 0 Å². The summed E-state index contributed by atoms with van der Waals surface area (Å²) in [7, 11) is 0. The van der Waals surface area contributed by atoms with Gasteiger partial charge in [0, 0.05) is 18.4 Å². The van der Waals surface area contributed by atoms with Crippen molar-refractivity contribution in [2.45, 2.75) is 173 Å². The van der Waals surface area contributed by atoms with Crippen molar-refractivity contribution >= 4 is 0 Å². The van der Waals surface area contributed by atoms with Crippen LogP contribution in [0.15, 0.2) is 24.3 Å². The van der Waals surface area contributed by atoms with Gasteiger partial charge in [-0.1, -0.05) is 97.1 Å². The topological polar surface area (TPSA) is 52.7 Å². The highest BCUT2D eigenvalue weighted by molar-refractivity contribution is 5.28. The molecule has 0 amide bonds. The Morgan fingerprint density at radius 2 is 1.45 bits per heavy atom. The lowest BCUT2D eigenvalue weighted by molar-refractivity contribution is -0.359. The van der Waals surface area contributed by atoms with Gasteiger partial charge in [0.25, 0.3) is 0 Å². The molecule has 3 heterocycles. The molecule has 0 saturated carbocycles. The van der Waals surface area contributed by atoms with Crippen molar-refractivity contribution in [2.75, 3.05) is 19.8 Å². The molecule has 0 bridgehead atoms. The Balaban J connectivity index is 1.27. The molecule has 4 rings (SSSR count). The smallest absolute Gasteiger partial charge is 0.172 e. The SMILES string of the molecule is CCCCCCCCCCCCC1COC2(CC(C)(C)N(OC(C)c3ccc(OCC4CO4)cc3)C(CC)(CC)C2)O1. The number of rotatable bonds is 19. The van der Waals surface area contributed by atoms with Gasteiger partial charge in [-0.25, -0.2) is 0 Å². The van der Waals surface area contributed by atoms with Crippen molar-refractivity contribution in [2.24, 2.45) is 0 Å². The van der Waals surface area contributed by atoms with Crippen LogP contribution in [0.5, 0.6) is 5.75 Å². The lowest BCUT2D eigenvalue weighted by atomic mass is 9.73. The molecule has 0 aliphatic carbocycles. The van der Waals surface area contributed by atoms with E-state index in [1.807, 2.05) is 12.1 Å². The third-order valence-corrected chi connectivity index (χ3v) is 9.84. The zero-order valence-electron chi connectivity index (χ0n) is 27.8. The van der Waals surface area contributed by atoms with E-state index in [2.05, 4.69) is 58.7 Å². The van der Waals surface area contributed by atoms with Gasteiger partial charge in [0.15, 0.2) is 5.79 Å². The van der Waals surface area contributed by atoms with Crippen LogP contribution in [-0.4, -0.2) is 54.0 Å². The van der Waals surface area contributed by atoms with E-state index in [9.17, 15) is 0 Å². The van der Waals surface area contributed by atoms with E-state index >= 15 is 0 Å². The number of benzene rings is 1. The Kier molecular flexibility index (Phi) is 12.6. The third-order valence-electron chi connectivity index (χ3n) is 9.84. The minimum atomic E-state index is -0.522. The van der Waals surface area contributed by atoms with Crippen molar-refractivity contribution in [3.05, 3.63) is 29.8 Å². The predicted octanol–water partition coefficient (Wildman–Crippen LogP) is 9.31. The lowest BCUT2D eigenvalue weighted by Crippen LogP contribution is -2.67. The van der Waals surface area contributed by atoms with Crippen LogP contribution in [0.25, 0.3) is 0 Å². The van der Waals surface area contributed by atoms with Crippen molar-refractivity contribution in [3.8, 4) is 5.75 Å². The molecule has 6 nitrogen and oxygen atoms in total. The largest absolute Gasteiger partial charge is 0.491 e. The molecule has 1 aromatic carbocycles. The first-order valence-electron chi connectivity index (χ1n) is 17.4. The average molecular weight is 588 g/mol. The molecule has 6 heteroatoms. The monoisotopic (exact) mass is 587 g/mol. The van der Waals surface area contributed by atoms with Gasteiger partial charge in [0.05, 0.1) is 24.9 Å². The lowest BCUT2D eigenvalue weighted by Gasteiger charge is -2.59. The van der Waals surface area contributed by atoms with Gasteiger partial charge in [0.1, 0.15) is 24.6 Å². The molecule has 4 atom stereocenters. The molecule has 3 aliphatic heterocycles. The number of ether oxygens (including phenoxy) is 4. The molecular formula is C36H61NO5. The van der Waals surface area contributed by atoms with Gasteiger partial charge in [-0.15, -0.1) is 0 Å². The second-order valence-electron chi connectivity index (χ2n) is 13.9. The maximum atomic E-state index is 6.87. The summed E-state index contributed by atoms with van der Waals surface area (Å²) in [4.78, 5) is 6.87. The molecule has 0 aromatic heterocycles. The molecule has 4 unspecified atom stereocenters. The van der Waals surface area contributed by atoms with E-state index in [0.29, 0.717) is 6.61 Å². The number of hydroxylamine groups is 2. The Morgan fingerprint density at radius 3 is 2.05 bits per heavy atom. The highest BCUT2D eigenvalue weighted by atomic mass is 16.7. The van der Waals surface area contributed by atoms with Crippen molar-refractivity contribution in [3.63, 3.8) is 0 Å². The first kappa shape index (κ1) is 33.7. The van der Waals surface area contributed by atoms with Gasteiger partial charge in [-0.05, 0) is 57.7 Å². The minimum Gasteiger partial charge on any atom is -0.491 e. The van der Waals surface area contributed by atoms with Gasteiger partial charge in [0.2, 0.25) is 0 Å². The minimum absolute atomic E-state index is 0.0777. The fraction of sp³-hybridized carbons (Fsp3) is 0.833. The number of hydrogen-bond donors (Lipinski definition) is 0. The number of epoxide rings is 1. The van der Waals surface area contributed by atoms with Crippen LogP contribution in [0.4, 0.5) is 0 Å². The molecule has 3 fully saturated rings. The van der Waals surface area contributed by atoms with E-state index in [1.54, 1.807) is 0 Å². The van der Waals surface area contributed by atoms with Crippen molar-refractivity contribution in [1.82, 2.24) is 5.06 Å². The summed E-state index contributed by atoms with van der Waals surface area (Å²) in [5, 5.41) is 2.31. The number of nitrogens with zero attached hydrogens (tertiary/aromatic N) is 1. The summed E-state index contributed by atoms with van der Waals surface area (Å²) in [6, 6.07) is 8.31. The molecule has 42 heavy (non-hydrogen) atoms. The van der Waals surface area contributed by atoms with Crippen molar-refractivity contribution in [1.29, 1.82) is 0 Å². The normalized spacial score (nSPS) is 27.4. The Hall–Kier alpha value is -1.18. The second-order valence-corrected chi connectivity index (χ2v) is 13.9. The summed E-state index contributed by atoms with van der Waals surface area (Å²) >= 11 is 0. The van der Waals surface area contributed by atoms with E-state index in [-0.39, 0.29) is 29.4 Å². The third kappa shape index (κ3) is 9.17. The maximum Gasteiger partial charge on any atom is 0.172 e. The summed E-state index contributed by atoms with van der Waals surface area (Å²) in [5.41, 5.74) is 0.750. The van der Waals surface area contributed by atoms with E-state index < -0.39 is 5.79 Å². The van der Waals surface area contributed by atoms with Crippen LogP contribution < -0.4 is 4.74 Å². The van der Waals surface area contributed by atoms with E-state index in [1.165, 1.54) is 64.2 Å². The fourth-order valence-electron chi connectivity index (χ4n) is 7.26. The van der Waals surface area contributed by atoms with Gasteiger partial charge < -0.3 is 18.9 Å². The van der Waals surface area contributed by atoms with Crippen LogP contribution >= 0.6 is 0 Å². The summed E-state index contributed by atoms with van der Waals surface area (Å²) in [6.45, 7) is 15.7. The number of piperidine rings is 1. The van der Waals surface area contributed by atoms with Gasteiger partial charge in [-0.2, -0.15) is 5.06 Å². The molecule has 3 saturated heterocycles. The van der Waals surface area contributed by atoms with Crippen molar-refractivity contribution < 1.29 is 23.8 Å². The Morgan fingerprint density at radius 1 is 0.833 bits per heavy atom. The molecule has 1 spiro atoms. The second kappa shape index (κ2) is 15.7. The first-order valence-corrected chi connectivity index (χ1v) is 17.4. The molecule has 0 radical (unpaired) electrons. The highest BCUT2D eigenvalue weighted by Crippen LogP contribution is 2.52. The average Bonchev–Trinajstić information content (AvgIpc) is 3.74. The van der Waals surface area contributed by atoms with Crippen LogP contribution in [-0.2, 0) is 19.0 Å². The molecule has 0 N–H and O–H groups in total. The zero-order valence-corrected chi connectivity index (χ0v) is 27.8. The Bertz CT molecular complexity index is 912. The standard InChI is InChI=1S/C36H61NO5/c1-7-10-11-12-13-14-15-16-17-18-19-32-26-40-36(41-32)27-34(5,6)37(35(8-2,9-3)28-36)42-29(4)30-20-22-31(23-21-30)38-24-33-25-39-33/h20-23,29,32-33H,7-19,24-28H2,1-6H3. The maximum absolute atomic E-state index is 6.87. The number of unbranched alkanes of at least 4 members (excludes halogenated alkanes) is 9. The van der Waals surface area contributed by atoms with Crippen LogP contribution in [0.3, 0.4) is 0 Å². The number of hydrogen-bond acceptors (Lipinski definition) is 6. The first-order chi connectivity index (χ1) is 20.2. The summed E-state index contributed by atoms with van der Waals surface area (Å²) in [5.74, 6) is 0.354. The fourth-order valence-corrected chi connectivity index (χ4v) is 7.26. The van der Waals surface area contributed by atoms with E-state index in [0.717, 1.165) is 56.6 Å². The molecule has 3 aliphatic rings. The summed E-state index contributed by atoms with van der Waals surface area (Å²) in [6.07, 6.45) is 18.7. The zero-order chi connectivity index (χ0) is 30.1. The molecule has 1 aromatic rings. The molecule has 240 valence electrons. The van der Waals surface area contributed by atoms with Crippen LogP contribution in [0, 0.1) is 0 Å². The van der Waals surface area contributed by atoms with Crippen LogP contribution in [0.2, 0.25) is 0 Å². The van der Waals surface area contributed by atoms with E-state index in [4.69, 9.17) is 23.8 Å². The quantitative estimate of drug-likeness (QED) is 0.119. The predicted molar refractivity (Wildman–Crippen MR) is 170 cm³/mol. The van der Waals surface area contributed by atoms with Crippen LogP contribution in [0.1, 0.15) is 150 Å². The summed E-state index contributed by atoms with van der Waals surface area (Å²) < 4.78 is 24.5. The molecular weight excluding hydrogens is 526 g/mol.